The molecule has 6 heteroatoms. The van der Waals surface area contributed by atoms with Gasteiger partial charge in [-0.25, -0.2) is 13.1 Å². The second-order valence-corrected chi connectivity index (χ2v) is 8.92. The van der Waals surface area contributed by atoms with E-state index in [4.69, 9.17) is 9.47 Å². The van der Waals surface area contributed by atoms with Gasteiger partial charge >= 0.3 is 0 Å². The number of ether oxygens (including phenoxy) is 2. The molecule has 2 aromatic carbocycles. The van der Waals surface area contributed by atoms with Gasteiger partial charge in [-0.15, -0.1) is 0 Å². The van der Waals surface area contributed by atoms with Gasteiger partial charge in [0.2, 0.25) is 10.0 Å². The van der Waals surface area contributed by atoms with Crippen LogP contribution in [0.25, 0.3) is 0 Å². The maximum Gasteiger partial charge on any atom is 0.240 e. The Morgan fingerprint density at radius 2 is 1.81 bits per heavy atom. The average molecular weight is 378 g/mol. The Hall–Kier alpha value is -2.05. The Morgan fingerprint density at radius 1 is 1.08 bits per heavy atom. The number of benzene rings is 2. The highest BCUT2D eigenvalue weighted by Crippen LogP contribution is 2.25. The average Bonchev–Trinajstić information content (AvgIpc) is 2.58. The number of methoxy groups -OCH3 is 1. The molecule has 0 bridgehead atoms. The van der Waals surface area contributed by atoms with Crippen LogP contribution >= 0.6 is 0 Å². The van der Waals surface area contributed by atoms with E-state index in [9.17, 15) is 8.42 Å². The summed E-state index contributed by atoms with van der Waals surface area (Å²) in [6.45, 7) is 8.66. The highest BCUT2D eigenvalue weighted by atomic mass is 32.2. The third-order valence-electron chi connectivity index (χ3n) is 4.04. The van der Waals surface area contributed by atoms with E-state index in [1.807, 2.05) is 25.1 Å². The molecule has 0 aliphatic carbocycles. The molecule has 0 atom stereocenters. The van der Waals surface area contributed by atoms with Crippen molar-refractivity contribution >= 4 is 10.0 Å². The van der Waals surface area contributed by atoms with Gasteiger partial charge in [0.05, 0.1) is 12.0 Å². The molecule has 2 aromatic rings. The lowest BCUT2D eigenvalue weighted by Crippen LogP contribution is -2.28. The van der Waals surface area contributed by atoms with E-state index in [2.05, 4.69) is 31.6 Å². The number of hydrogen-bond acceptors (Lipinski definition) is 4. The lowest BCUT2D eigenvalue weighted by atomic mass is 9.87. The van der Waals surface area contributed by atoms with Crippen molar-refractivity contribution in [3.05, 3.63) is 53.6 Å². The van der Waals surface area contributed by atoms with Crippen molar-refractivity contribution in [2.75, 3.05) is 20.3 Å². The van der Waals surface area contributed by atoms with Crippen LogP contribution < -0.4 is 14.2 Å². The molecule has 142 valence electrons. The van der Waals surface area contributed by atoms with E-state index in [-0.39, 0.29) is 23.5 Å². The van der Waals surface area contributed by atoms with Gasteiger partial charge < -0.3 is 9.47 Å². The molecule has 26 heavy (non-hydrogen) atoms. The van der Waals surface area contributed by atoms with Crippen molar-refractivity contribution < 1.29 is 17.9 Å². The maximum atomic E-state index is 12.4. The van der Waals surface area contributed by atoms with Gasteiger partial charge in [-0.05, 0) is 53.8 Å². The van der Waals surface area contributed by atoms with Crippen LogP contribution in [0.1, 0.15) is 31.9 Å². The Morgan fingerprint density at radius 3 is 2.42 bits per heavy atom. The van der Waals surface area contributed by atoms with E-state index in [1.54, 1.807) is 19.2 Å². The zero-order valence-electron chi connectivity index (χ0n) is 16.0. The van der Waals surface area contributed by atoms with Crippen LogP contribution in [0.3, 0.4) is 0 Å². The second kappa shape index (κ2) is 8.10. The fourth-order valence-corrected chi connectivity index (χ4v) is 3.60. The summed E-state index contributed by atoms with van der Waals surface area (Å²) in [4.78, 5) is 0.213. The molecule has 0 aliphatic rings. The van der Waals surface area contributed by atoms with Crippen LogP contribution in [0.15, 0.2) is 47.4 Å². The first-order valence-electron chi connectivity index (χ1n) is 8.51. The van der Waals surface area contributed by atoms with Crippen LogP contribution in [0, 0.1) is 6.92 Å². The first kappa shape index (κ1) is 20.3. The van der Waals surface area contributed by atoms with Crippen molar-refractivity contribution in [3.8, 4) is 11.5 Å². The van der Waals surface area contributed by atoms with Crippen LogP contribution in [0.4, 0.5) is 0 Å². The first-order chi connectivity index (χ1) is 12.1. The van der Waals surface area contributed by atoms with Gasteiger partial charge in [0.1, 0.15) is 18.1 Å². The topological polar surface area (TPSA) is 64.6 Å². The summed E-state index contributed by atoms with van der Waals surface area (Å²) in [5.74, 6) is 1.39. The van der Waals surface area contributed by atoms with Crippen LogP contribution in [0.5, 0.6) is 11.5 Å². The van der Waals surface area contributed by atoms with Crippen LogP contribution in [0.2, 0.25) is 0 Å². The Bertz CT molecular complexity index is 854. The number of aryl methyl sites for hydroxylation is 1. The quantitative estimate of drug-likeness (QED) is 0.748. The largest absolute Gasteiger partial charge is 0.496 e. The minimum atomic E-state index is -3.58. The minimum Gasteiger partial charge on any atom is -0.496 e. The molecule has 0 unspecified atom stereocenters. The van der Waals surface area contributed by atoms with E-state index >= 15 is 0 Å². The van der Waals surface area contributed by atoms with Gasteiger partial charge in [-0.3, -0.25) is 0 Å². The number of nitrogens with one attached hydrogen (secondary N) is 1. The Balaban J connectivity index is 1.94. The monoisotopic (exact) mass is 377 g/mol. The molecule has 0 radical (unpaired) electrons. The lowest BCUT2D eigenvalue weighted by Gasteiger charge is -2.19. The minimum absolute atomic E-state index is 0.0349. The van der Waals surface area contributed by atoms with Gasteiger partial charge in [-0.2, -0.15) is 0 Å². The second-order valence-electron chi connectivity index (χ2n) is 7.16. The molecule has 0 aliphatic heterocycles. The van der Waals surface area contributed by atoms with E-state index < -0.39 is 10.0 Å². The molecule has 0 fully saturated rings. The smallest absolute Gasteiger partial charge is 0.240 e. The molecule has 0 heterocycles. The summed E-state index contributed by atoms with van der Waals surface area (Å²) in [5, 5.41) is 0. The summed E-state index contributed by atoms with van der Waals surface area (Å²) in [6, 6.07) is 12.6. The standard InChI is InChI=1S/C20H27NO4S/c1-15-13-18(9-10-19(15)24-5)26(22,23)21-11-12-25-17-8-6-7-16(14-17)20(2,3)4/h6-10,13-14,21H,11-12H2,1-5H3. The predicted molar refractivity (Wildman–Crippen MR) is 104 cm³/mol. The molecule has 5 nitrogen and oxygen atoms in total. The molecule has 0 saturated heterocycles. The Labute approximate surface area is 156 Å². The van der Waals surface area contributed by atoms with Gasteiger partial charge in [0.15, 0.2) is 0 Å². The molecular weight excluding hydrogens is 350 g/mol. The van der Waals surface area contributed by atoms with Gasteiger partial charge in [0, 0.05) is 6.54 Å². The molecule has 0 spiro atoms. The molecular formula is C20H27NO4S. The predicted octanol–water partition coefficient (Wildman–Crippen LogP) is 3.66. The van der Waals surface area contributed by atoms with Gasteiger partial charge in [-0.1, -0.05) is 32.9 Å². The molecule has 0 saturated carbocycles. The first-order valence-corrected chi connectivity index (χ1v) is 9.99. The fourth-order valence-electron chi connectivity index (χ4n) is 2.50. The van der Waals surface area contributed by atoms with Crippen molar-refractivity contribution in [3.63, 3.8) is 0 Å². The molecule has 0 amide bonds. The SMILES string of the molecule is COc1ccc(S(=O)(=O)NCCOc2cccc(C(C)(C)C)c2)cc1C. The maximum absolute atomic E-state index is 12.4. The summed E-state index contributed by atoms with van der Waals surface area (Å²) < 4.78 is 38.2. The van der Waals surface area contributed by atoms with Crippen LogP contribution in [-0.4, -0.2) is 28.7 Å². The summed E-state index contributed by atoms with van der Waals surface area (Å²) in [7, 11) is -2.02. The molecule has 2 rings (SSSR count). The van der Waals surface area contributed by atoms with Crippen molar-refractivity contribution in [1.29, 1.82) is 0 Å². The summed E-state index contributed by atoms with van der Waals surface area (Å²) in [5.41, 5.74) is 1.97. The van der Waals surface area contributed by atoms with E-state index in [0.29, 0.717) is 5.75 Å². The lowest BCUT2D eigenvalue weighted by molar-refractivity contribution is 0.322. The summed E-state index contributed by atoms with van der Waals surface area (Å²) >= 11 is 0. The number of sulfonamides is 1. The van der Waals surface area contributed by atoms with E-state index in [1.165, 1.54) is 11.6 Å². The zero-order valence-corrected chi connectivity index (χ0v) is 16.8. The van der Waals surface area contributed by atoms with Crippen molar-refractivity contribution in [2.45, 2.75) is 38.0 Å². The van der Waals surface area contributed by atoms with E-state index in [0.717, 1.165) is 11.3 Å². The highest BCUT2D eigenvalue weighted by Gasteiger charge is 2.16. The third-order valence-corrected chi connectivity index (χ3v) is 5.50. The van der Waals surface area contributed by atoms with Crippen molar-refractivity contribution in [2.24, 2.45) is 0 Å². The molecule has 0 aromatic heterocycles. The zero-order chi connectivity index (χ0) is 19.4. The highest BCUT2D eigenvalue weighted by molar-refractivity contribution is 7.89. The fraction of sp³-hybridized carbons (Fsp3) is 0.400. The summed E-state index contributed by atoms with van der Waals surface area (Å²) in [6.07, 6.45) is 0. The van der Waals surface area contributed by atoms with Crippen molar-refractivity contribution in [1.82, 2.24) is 4.72 Å². The third kappa shape index (κ3) is 5.22. The molecule has 1 N–H and O–H groups in total. The van der Waals surface area contributed by atoms with Crippen LogP contribution in [-0.2, 0) is 15.4 Å². The number of hydrogen-bond donors (Lipinski definition) is 1. The number of rotatable bonds is 7. The van der Waals surface area contributed by atoms with Gasteiger partial charge in [0.25, 0.3) is 0 Å². The Kier molecular flexibility index (Phi) is 6.31. The normalized spacial score (nSPS) is 12.0.